The van der Waals surface area contributed by atoms with Gasteiger partial charge in [-0.1, -0.05) is 19.1 Å². The highest BCUT2D eigenvalue weighted by Crippen LogP contribution is 2.47. The van der Waals surface area contributed by atoms with Crippen LogP contribution in [0.2, 0.25) is 0 Å². The third-order valence-electron chi connectivity index (χ3n) is 3.75. The van der Waals surface area contributed by atoms with Gasteiger partial charge in [-0.05, 0) is 43.4 Å². The Labute approximate surface area is 74.5 Å². The Bertz CT molecular complexity index is 197. The maximum atomic E-state index is 9.58. The normalized spacial score (nSPS) is 47.7. The highest BCUT2D eigenvalue weighted by molar-refractivity contribution is 5.11. The molecule has 0 aromatic carbocycles. The van der Waals surface area contributed by atoms with Crippen molar-refractivity contribution in [3.63, 3.8) is 0 Å². The Morgan fingerprint density at radius 3 is 2.92 bits per heavy atom. The number of hydrogen-bond acceptors (Lipinski definition) is 1. The maximum Gasteiger partial charge on any atom is 0.0580 e. The molecule has 4 atom stereocenters. The van der Waals surface area contributed by atoms with E-state index in [0.717, 1.165) is 30.6 Å². The minimum Gasteiger partial charge on any atom is -0.393 e. The topological polar surface area (TPSA) is 20.2 Å². The van der Waals surface area contributed by atoms with Crippen LogP contribution in [0.15, 0.2) is 12.2 Å². The number of hydrogen-bond donors (Lipinski definition) is 1. The first-order chi connectivity index (χ1) is 5.68. The zero-order chi connectivity index (χ0) is 8.72. The average Bonchev–Trinajstić information content (AvgIpc) is 2.33. The van der Waals surface area contributed by atoms with Gasteiger partial charge in [0.1, 0.15) is 0 Å². The van der Waals surface area contributed by atoms with Crippen molar-refractivity contribution < 1.29 is 5.11 Å². The van der Waals surface area contributed by atoms with Crippen molar-refractivity contribution in [2.24, 2.45) is 17.8 Å². The first-order valence-electron chi connectivity index (χ1n) is 5.04. The summed E-state index contributed by atoms with van der Waals surface area (Å²) in [7, 11) is 0. The van der Waals surface area contributed by atoms with Crippen LogP contribution in [0.4, 0.5) is 0 Å². The summed E-state index contributed by atoms with van der Waals surface area (Å²) in [5.41, 5.74) is 1.31. The van der Waals surface area contributed by atoms with E-state index >= 15 is 0 Å². The van der Waals surface area contributed by atoms with Gasteiger partial charge in [0.2, 0.25) is 0 Å². The van der Waals surface area contributed by atoms with Crippen LogP contribution in [0.1, 0.15) is 32.6 Å². The number of rotatable bonds is 0. The summed E-state index contributed by atoms with van der Waals surface area (Å²) in [5.74, 6) is 2.28. The SMILES string of the molecule is C=C1C[C@@H](O)C[C@@H]2[C@@H]1CC[C@@H]2C. The van der Waals surface area contributed by atoms with Crippen LogP contribution in [-0.2, 0) is 0 Å². The van der Waals surface area contributed by atoms with Gasteiger partial charge in [-0.15, -0.1) is 0 Å². The van der Waals surface area contributed by atoms with E-state index in [9.17, 15) is 5.11 Å². The molecule has 0 spiro atoms. The van der Waals surface area contributed by atoms with Crippen LogP contribution < -0.4 is 0 Å². The van der Waals surface area contributed by atoms with Crippen molar-refractivity contribution in [1.29, 1.82) is 0 Å². The average molecular weight is 166 g/mol. The summed E-state index contributed by atoms with van der Waals surface area (Å²) in [6.45, 7) is 6.40. The Morgan fingerprint density at radius 2 is 2.17 bits per heavy atom. The molecule has 1 heteroatoms. The molecule has 0 bridgehead atoms. The molecule has 2 saturated carbocycles. The van der Waals surface area contributed by atoms with Gasteiger partial charge in [-0.2, -0.15) is 0 Å². The zero-order valence-corrected chi connectivity index (χ0v) is 7.79. The molecular weight excluding hydrogens is 148 g/mol. The molecule has 2 fully saturated rings. The second-order valence-electron chi connectivity index (χ2n) is 4.58. The van der Waals surface area contributed by atoms with Crippen LogP contribution >= 0.6 is 0 Å². The molecule has 0 aromatic rings. The van der Waals surface area contributed by atoms with Crippen molar-refractivity contribution in [1.82, 2.24) is 0 Å². The molecule has 68 valence electrons. The highest BCUT2D eigenvalue weighted by Gasteiger charge is 2.39. The Kier molecular flexibility index (Phi) is 1.99. The van der Waals surface area contributed by atoms with Crippen molar-refractivity contribution in [3.05, 3.63) is 12.2 Å². The lowest BCUT2D eigenvalue weighted by Crippen LogP contribution is -2.28. The Balaban J connectivity index is 2.14. The summed E-state index contributed by atoms with van der Waals surface area (Å²) in [6, 6.07) is 0. The predicted octanol–water partition coefficient (Wildman–Crippen LogP) is 2.36. The number of aliphatic hydroxyl groups is 1. The van der Waals surface area contributed by atoms with E-state index < -0.39 is 0 Å². The molecule has 0 amide bonds. The molecule has 0 aliphatic heterocycles. The van der Waals surface area contributed by atoms with Crippen molar-refractivity contribution in [2.45, 2.75) is 38.7 Å². The molecule has 0 radical (unpaired) electrons. The number of fused-ring (bicyclic) bond motifs is 1. The number of aliphatic hydroxyl groups excluding tert-OH is 1. The summed E-state index contributed by atoms with van der Waals surface area (Å²) in [5, 5.41) is 9.58. The van der Waals surface area contributed by atoms with Gasteiger partial charge in [0.15, 0.2) is 0 Å². The third kappa shape index (κ3) is 1.20. The van der Waals surface area contributed by atoms with Gasteiger partial charge in [-0.25, -0.2) is 0 Å². The predicted molar refractivity (Wildman–Crippen MR) is 49.8 cm³/mol. The van der Waals surface area contributed by atoms with Crippen molar-refractivity contribution in [2.75, 3.05) is 0 Å². The Morgan fingerprint density at radius 1 is 1.42 bits per heavy atom. The molecule has 0 unspecified atom stereocenters. The van der Waals surface area contributed by atoms with Gasteiger partial charge < -0.3 is 5.11 Å². The summed E-state index contributed by atoms with van der Waals surface area (Å²) >= 11 is 0. The van der Waals surface area contributed by atoms with Crippen LogP contribution in [0, 0.1) is 17.8 Å². The molecule has 0 aromatic heterocycles. The third-order valence-corrected chi connectivity index (χ3v) is 3.75. The molecule has 1 N–H and O–H groups in total. The summed E-state index contributed by atoms with van der Waals surface area (Å²) in [4.78, 5) is 0. The fourth-order valence-electron chi connectivity index (χ4n) is 3.02. The minimum atomic E-state index is -0.0979. The smallest absolute Gasteiger partial charge is 0.0580 e. The van der Waals surface area contributed by atoms with E-state index in [4.69, 9.17) is 0 Å². The molecular formula is C11H18O. The summed E-state index contributed by atoms with van der Waals surface area (Å²) < 4.78 is 0. The molecule has 0 heterocycles. The standard InChI is InChI=1S/C11H18O/c1-7-3-4-10-8(2)5-9(12)6-11(7)10/h7,9-12H,2-6H2,1H3/t7-,9+,10+,11-/m0/s1. The second kappa shape index (κ2) is 2.88. The molecule has 2 aliphatic carbocycles. The molecule has 0 saturated heterocycles. The van der Waals surface area contributed by atoms with Crippen LogP contribution in [0.3, 0.4) is 0 Å². The zero-order valence-electron chi connectivity index (χ0n) is 7.79. The highest BCUT2D eigenvalue weighted by atomic mass is 16.3. The largest absolute Gasteiger partial charge is 0.393 e. The lowest BCUT2D eigenvalue weighted by molar-refractivity contribution is 0.0981. The molecule has 1 nitrogen and oxygen atoms in total. The maximum absolute atomic E-state index is 9.58. The van der Waals surface area contributed by atoms with Gasteiger partial charge in [-0.3, -0.25) is 0 Å². The van der Waals surface area contributed by atoms with E-state index in [0.29, 0.717) is 0 Å². The van der Waals surface area contributed by atoms with Gasteiger partial charge in [0, 0.05) is 0 Å². The summed E-state index contributed by atoms with van der Waals surface area (Å²) in [6.07, 6.45) is 4.43. The lowest BCUT2D eigenvalue weighted by Gasteiger charge is -2.33. The monoisotopic (exact) mass is 166 g/mol. The van der Waals surface area contributed by atoms with E-state index in [1.807, 2.05) is 0 Å². The fourth-order valence-corrected chi connectivity index (χ4v) is 3.02. The molecule has 2 aliphatic rings. The lowest BCUT2D eigenvalue weighted by atomic mass is 9.75. The van der Waals surface area contributed by atoms with E-state index in [1.165, 1.54) is 18.4 Å². The Hall–Kier alpha value is -0.300. The fraction of sp³-hybridized carbons (Fsp3) is 0.818. The first-order valence-corrected chi connectivity index (χ1v) is 5.04. The van der Waals surface area contributed by atoms with Gasteiger partial charge >= 0.3 is 0 Å². The van der Waals surface area contributed by atoms with Crippen molar-refractivity contribution >= 4 is 0 Å². The second-order valence-corrected chi connectivity index (χ2v) is 4.58. The van der Waals surface area contributed by atoms with Crippen LogP contribution in [0.25, 0.3) is 0 Å². The van der Waals surface area contributed by atoms with E-state index in [2.05, 4.69) is 13.5 Å². The van der Waals surface area contributed by atoms with Gasteiger partial charge in [0.05, 0.1) is 6.10 Å². The first kappa shape index (κ1) is 8.31. The van der Waals surface area contributed by atoms with Crippen LogP contribution in [-0.4, -0.2) is 11.2 Å². The quantitative estimate of drug-likeness (QED) is 0.548. The van der Waals surface area contributed by atoms with Gasteiger partial charge in [0.25, 0.3) is 0 Å². The molecule has 2 rings (SSSR count). The molecule has 12 heavy (non-hydrogen) atoms. The minimum absolute atomic E-state index is 0.0979. The van der Waals surface area contributed by atoms with E-state index in [-0.39, 0.29) is 6.10 Å². The van der Waals surface area contributed by atoms with E-state index in [1.54, 1.807) is 0 Å². The van der Waals surface area contributed by atoms with Crippen molar-refractivity contribution in [3.8, 4) is 0 Å². The van der Waals surface area contributed by atoms with Crippen LogP contribution in [0.5, 0.6) is 0 Å².